The Labute approximate surface area is 86.3 Å². The SMILES string of the molecule is Cn1cc(CCC(N)C(C)(C)C)cn1. The van der Waals surface area contributed by atoms with E-state index >= 15 is 0 Å². The molecule has 0 radical (unpaired) electrons. The third kappa shape index (κ3) is 3.14. The first-order valence-electron chi connectivity index (χ1n) is 5.12. The largest absolute Gasteiger partial charge is 0.327 e. The summed E-state index contributed by atoms with van der Waals surface area (Å²) >= 11 is 0. The van der Waals surface area contributed by atoms with Gasteiger partial charge in [-0.1, -0.05) is 20.8 Å². The van der Waals surface area contributed by atoms with Crippen LogP contribution in [0.25, 0.3) is 0 Å². The minimum atomic E-state index is 0.197. The summed E-state index contributed by atoms with van der Waals surface area (Å²) in [4.78, 5) is 0. The van der Waals surface area contributed by atoms with Gasteiger partial charge >= 0.3 is 0 Å². The van der Waals surface area contributed by atoms with E-state index < -0.39 is 0 Å². The Morgan fingerprint density at radius 1 is 1.50 bits per heavy atom. The van der Waals surface area contributed by atoms with Crippen molar-refractivity contribution in [3.8, 4) is 0 Å². The molecule has 1 aromatic rings. The van der Waals surface area contributed by atoms with Crippen molar-refractivity contribution in [2.24, 2.45) is 18.2 Å². The van der Waals surface area contributed by atoms with E-state index in [1.165, 1.54) is 5.56 Å². The van der Waals surface area contributed by atoms with Gasteiger partial charge in [0.2, 0.25) is 0 Å². The Kier molecular flexibility index (Phi) is 3.32. The van der Waals surface area contributed by atoms with Crippen molar-refractivity contribution in [1.82, 2.24) is 9.78 Å². The molecule has 0 aliphatic carbocycles. The average Bonchev–Trinajstić information content (AvgIpc) is 2.45. The molecule has 0 aliphatic rings. The molecule has 1 heterocycles. The molecule has 0 spiro atoms. The Balaban J connectivity index is 2.41. The molecule has 1 atom stereocenters. The van der Waals surface area contributed by atoms with E-state index in [0.717, 1.165) is 12.8 Å². The predicted octanol–water partition coefficient (Wildman–Crippen LogP) is 1.73. The molecule has 0 amide bonds. The molecule has 1 unspecified atom stereocenters. The molecule has 0 bridgehead atoms. The highest BCUT2D eigenvalue weighted by Gasteiger charge is 2.20. The van der Waals surface area contributed by atoms with Crippen LogP contribution in [0.2, 0.25) is 0 Å². The predicted molar refractivity (Wildman–Crippen MR) is 59.0 cm³/mol. The molecule has 14 heavy (non-hydrogen) atoms. The fourth-order valence-corrected chi connectivity index (χ4v) is 1.36. The summed E-state index contributed by atoms with van der Waals surface area (Å²) in [7, 11) is 1.94. The normalized spacial score (nSPS) is 14.4. The topological polar surface area (TPSA) is 43.8 Å². The number of aryl methyl sites for hydroxylation is 2. The summed E-state index contributed by atoms with van der Waals surface area (Å²) in [5.74, 6) is 0. The Hall–Kier alpha value is -0.830. The van der Waals surface area contributed by atoms with Gasteiger partial charge in [-0.25, -0.2) is 0 Å². The number of hydrogen-bond donors (Lipinski definition) is 1. The smallest absolute Gasteiger partial charge is 0.0521 e. The van der Waals surface area contributed by atoms with Gasteiger partial charge in [-0.15, -0.1) is 0 Å². The third-order valence-corrected chi connectivity index (χ3v) is 2.61. The van der Waals surface area contributed by atoms with Crippen LogP contribution in [0.1, 0.15) is 32.8 Å². The van der Waals surface area contributed by atoms with Crippen molar-refractivity contribution in [3.63, 3.8) is 0 Å². The van der Waals surface area contributed by atoms with E-state index in [-0.39, 0.29) is 11.5 Å². The van der Waals surface area contributed by atoms with E-state index in [1.54, 1.807) is 0 Å². The zero-order valence-electron chi connectivity index (χ0n) is 9.62. The van der Waals surface area contributed by atoms with Crippen LogP contribution in [-0.2, 0) is 13.5 Å². The van der Waals surface area contributed by atoms with Gasteiger partial charge in [0.15, 0.2) is 0 Å². The van der Waals surface area contributed by atoms with Gasteiger partial charge in [0.1, 0.15) is 0 Å². The summed E-state index contributed by atoms with van der Waals surface area (Å²) in [6.07, 6.45) is 6.01. The van der Waals surface area contributed by atoms with Crippen LogP contribution in [-0.4, -0.2) is 15.8 Å². The molecule has 3 heteroatoms. The number of nitrogens with zero attached hydrogens (tertiary/aromatic N) is 2. The van der Waals surface area contributed by atoms with Gasteiger partial charge in [-0.05, 0) is 23.8 Å². The number of aromatic nitrogens is 2. The maximum Gasteiger partial charge on any atom is 0.0521 e. The molecule has 0 aromatic carbocycles. The van der Waals surface area contributed by atoms with Crippen LogP contribution in [0.3, 0.4) is 0 Å². The zero-order valence-corrected chi connectivity index (χ0v) is 9.62. The van der Waals surface area contributed by atoms with Crippen molar-refractivity contribution in [2.45, 2.75) is 39.7 Å². The first kappa shape index (κ1) is 11.2. The van der Waals surface area contributed by atoms with Gasteiger partial charge in [0.25, 0.3) is 0 Å². The Bertz CT molecular complexity index is 283. The van der Waals surface area contributed by atoms with E-state index in [2.05, 4.69) is 32.1 Å². The van der Waals surface area contributed by atoms with Crippen molar-refractivity contribution < 1.29 is 0 Å². The highest BCUT2D eigenvalue weighted by molar-refractivity contribution is 5.04. The van der Waals surface area contributed by atoms with Crippen LogP contribution < -0.4 is 5.73 Å². The quantitative estimate of drug-likeness (QED) is 0.798. The fourth-order valence-electron chi connectivity index (χ4n) is 1.36. The first-order chi connectivity index (χ1) is 6.39. The summed E-state index contributed by atoms with van der Waals surface area (Å²) in [5, 5.41) is 4.13. The second kappa shape index (κ2) is 4.13. The van der Waals surface area contributed by atoms with Crippen molar-refractivity contribution in [1.29, 1.82) is 0 Å². The Morgan fingerprint density at radius 2 is 2.14 bits per heavy atom. The molecule has 1 aromatic heterocycles. The fraction of sp³-hybridized carbons (Fsp3) is 0.727. The molecule has 80 valence electrons. The maximum atomic E-state index is 6.08. The lowest BCUT2D eigenvalue weighted by atomic mass is 9.84. The third-order valence-electron chi connectivity index (χ3n) is 2.61. The number of nitrogens with two attached hydrogens (primary N) is 1. The van der Waals surface area contributed by atoms with Crippen molar-refractivity contribution in [3.05, 3.63) is 18.0 Å². The highest BCUT2D eigenvalue weighted by atomic mass is 15.2. The van der Waals surface area contributed by atoms with Gasteiger partial charge in [0, 0.05) is 19.3 Å². The van der Waals surface area contributed by atoms with Crippen LogP contribution in [0.4, 0.5) is 0 Å². The second-order valence-corrected chi connectivity index (χ2v) is 5.03. The number of rotatable bonds is 3. The zero-order chi connectivity index (χ0) is 10.8. The monoisotopic (exact) mass is 195 g/mol. The minimum Gasteiger partial charge on any atom is -0.327 e. The second-order valence-electron chi connectivity index (χ2n) is 5.03. The van der Waals surface area contributed by atoms with E-state index in [1.807, 2.05) is 17.9 Å². The molecule has 0 fully saturated rings. The summed E-state index contributed by atoms with van der Waals surface area (Å²) in [6, 6.07) is 0.253. The van der Waals surface area contributed by atoms with E-state index in [9.17, 15) is 0 Å². The van der Waals surface area contributed by atoms with Gasteiger partial charge in [0.05, 0.1) is 6.20 Å². The average molecular weight is 195 g/mol. The lowest BCUT2D eigenvalue weighted by molar-refractivity contribution is 0.306. The van der Waals surface area contributed by atoms with Gasteiger partial charge in [-0.2, -0.15) is 5.10 Å². The van der Waals surface area contributed by atoms with Gasteiger partial charge in [-0.3, -0.25) is 4.68 Å². The molecule has 2 N–H and O–H groups in total. The molecule has 0 saturated carbocycles. The standard InChI is InChI=1S/C11H21N3/c1-11(2,3)10(12)6-5-9-7-13-14(4)8-9/h7-8,10H,5-6,12H2,1-4H3. The van der Waals surface area contributed by atoms with E-state index in [0.29, 0.717) is 0 Å². The highest BCUT2D eigenvalue weighted by Crippen LogP contribution is 2.20. The minimum absolute atomic E-state index is 0.197. The molecular weight excluding hydrogens is 174 g/mol. The molecule has 0 aliphatic heterocycles. The lowest BCUT2D eigenvalue weighted by Gasteiger charge is -2.26. The number of hydrogen-bond acceptors (Lipinski definition) is 2. The van der Waals surface area contributed by atoms with Gasteiger partial charge < -0.3 is 5.73 Å². The Morgan fingerprint density at radius 3 is 2.57 bits per heavy atom. The van der Waals surface area contributed by atoms with Crippen LogP contribution >= 0.6 is 0 Å². The summed E-state index contributed by atoms with van der Waals surface area (Å²) in [6.45, 7) is 6.54. The van der Waals surface area contributed by atoms with Crippen molar-refractivity contribution in [2.75, 3.05) is 0 Å². The van der Waals surface area contributed by atoms with E-state index in [4.69, 9.17) is 5.73 Å². The first-order valence-corrected chi connectivity index (χ1v) is 5.12. The van der Waals surface area contributed by atoms with Crippen molar-refractivity contribution >= 4 is 0 Å². The van der Waals surface area contributed by atoms with Crippen LogP contribution in [0.15, 0.2) is 12.4 Å². The van der Waals surface area contributed by atoms with Crippen LogP contribution in [0.5, 0.6) is 0 Å². The molecule has 1 rings (SSSR count). The maximum absolute atomic E-state index is 6.08. The molecular formula is C11H21N3. The molecule has 0 saturated heterocycles. The van der Waals surface area contributed by atoms with Crippen LogP contribution in [0, 0.1) is 5.41 Å². The summed E-state index contributed by atoms with van der Waals surface area (Å²) in [5.41, 5.74) is 7.55. The molecule has 3 nitrogen and oxygen atoms in total. The lowest BCUT2D eigenvalue weighted by Crippen LogP contribution is -2.35. The summed E-state index contributed by atoms with van der Waals surface area (Å²) < 4.78 is 1.83.